The zero-order valence-corrected chi connectivity index (χ0v) is 9.81. The van der Waals surface area contributed by atoms with E-state index >= 15 is 0 Å². The van der Waals surface area contributed by atoms with E-state index in [4.69, 9.17) is 37.4 Å². The second-order valence-electron chi connectivity index (χ2n) is 2.27. The topological polar surface area (TPSA) is 9.23 Å². The highest BCUT2D eigenvalue weighted by Crippen LogP contribution is 2.23. The second kappa shape index (κ2) is 3.11. The Morgan fingerprint density at radius 2 is 1.33 bits per heavy atom. The van der Waals surface area contributed by atoms with Crippen molar-refractivity contribution in [2.75, 3.05) is 0 Å². The molecule has 0 spiro atoms. The zero-order chi connectivity index (χ0) is 7.71. The van der Waals surface area contributed by atoms with Gasteiger partial charge >= 0.3 is 6.94 Å². The van der Waals surface area contributed by atoms with E-state index in [-0.39, 0.29) is 0 Å². The number of rotatable bonds is 2. The van der Waals surface area contributed by atoms with Gasteiger partial charge in [0, 0.05) is 0 Å². The lowest BCUT2D eigenvalue weighted by atomic mass is 11.9. The lowest BCUT2D eigenvalue weighted by Gasteiger charge is -2.20. The molecule has 0 N–H and O–H groups in total. The molecule has 0 rings (SSSR count). The Hall–Kier alpha value is 1.26. The van der Waals surface area contributed by atoms with Crippen LogP contribution >= 0.6 is 33.2 Å². The quantitative estimate of drug-likeness (QED) is 0.517. The molecule has 0 aliphatic heterocycles. The van der Waals surface area contributed by atoms with E-state index in [1.54, 1.807) is 6.55 Å². The minimum atomic E-state index is -2.42. The third kappa shape index (κ3) is 9.26. The Morgan fingerprint density at radius 3 is 1.33 bits per heavy atom. The number of hydrogen-bond acceptors (Lipinski definition) is 1. The molecule has 0 atom stereocenters. The lowest BCUT2D eigenvalue weighted by molar-refractivity contribution is 0.603. The molecule has 0 bridgehead atoms. The summed E-state index contributed by atoms with van der Waals surface area (Å²) in [7, 11) is -2.02. The van der Waals surface area contributed by atoms with Gasteiger partial charge in [0.25, 0.3) is 7.63 Å². The summed E-state index contributed by atoms with van der Waals surface area (Å²) < 4.78 is 5.20. The molecule has 6 heteroatoms. The van der Waals surface area contributed by atoms with Crippen LogP contribution in [0.4, 0.5) is 0 Å². The minimum absolute atomic E-state index is 1.69. The second-order valence-corrected chi connectivity index (χ2v) is 15.1. The van der Waals surface area contributed by atoms with E-state index in [9.17, 15) is 0 Å². The van der Waals surface area contributed by atoms with E-state index in [0.29, 0.717) is 0 Å². The summed E-state index contributed by atoms with van der Waals surface area (Å²) in [5.74, 6) is 0. The summed E-state index contributed by atoms with van der Waals surface area (Å²) in [6, 6.07) is 0. The van der Waals surface area contributed by atoms with Crippen molar-refractivity contribution in [1.29, 1.82) is 0 Å². The highest BCUT2D eigenvalue weighted by Gasteiger charge is 2.32. The van der Waals surface area contributed by atoms with Crippen LogP contribution in [0.2, 0.25) is 19.6 Å². The molecule has 0 radical (unpaired) electrons. The summed E-state index contributed by atoms with van der Waals surface area (Å²) >= 11 is 17.1. The van der Waals surface area contributed by atoms with Gasteiger partial charge in [-0.1, -0.05) is 0 Å². The first-order valence-electron chi connectivity index (χ1n) is 2.48. The van der Waals surface area contributed by atoms with Gasteiger partial charge in [0.2, 0.25) is 0 Å². The smallest absolute Gasteiger partial charge is 0.376 e. The third-order valence-corrected chi connectivity index (χ3v) is 5.88. The third-order valence-electron chi connectivity index (χ3n) is 0.422. The largest absolute Gasteiger partial charge is 0.422 e. The molecule has 1 nitrogen and oxygen atoms in total. The lowest BCUT2D eigenvalue weighted by Crippen LogP contribution is -2.34. The molecule has 0 amide bonds. The Kier molecular flexibility index (Phi) is 3.55. The van der Waals surface area contributed by atoms with Gasteiger partial charge < -0.3 is 4.12 Å². The van der Waals surface area contributed by atoms with Gasteiger partial charge in [0.05, 0.1) is 0 Å². The summed E-state index contributed by atoms with van der Waals surface area (Å²) in [6.07, 6.45) is 0. The molecule has 0 aromatic heterocycles. The van der Waals surface area contributed by atoms with Crippen LogP contribution in [0.5, 0.6) is 0 Å². The average molecular weight is 224 g/mol. The van der Waals surface area contributed by atoms with Crippen LogP contribution in [0.25, 0.3) is 0 Å². The Balaban J connectivity index is 3.75. The minimum Gasteiger partial charge on any atom is -0.422 e. The molecule has 9 heavy (non-hydrogen) atoms. The van der Waals surface area contributed by atoms with Crippen molar-refractivity contribution in [3.05, 3.63) is 0 Å². The average Bonchev–Trinajstić information content (AvgIpc) is 1.14. The Bertz CT molecular complexity index is 82.2. The van der Waals surface area contributed by atoms with E-state index in [2.05, 4.69) is 0 Å². The molecule has 0 heterocycles. The molecular weight excluding hydrogens is 215 g/mol. The van der Waals surface area contributed by atoms with Gasteiger partial charge in [-0.15, -0.1) is 33.2 Å². The standard InChI is InChI=1S/C3H9Cl3OSi2/c1-8(2,4)7-9(3,5)6/h1-3H3. The van der Waals surface area contributed by atoms with Crippen molar-refractivity contribution in [2.24, 2.45) is 0 Å². The Morgan fingerprint density at radius 1 is 1.00 bits per heavy atom. The fourth-order valence-corrected chi connectivity index (χ4v) is 9.41. The zero-order valence-electron chi connectivity index (χ0n) is 5.54. The van der Waals surface area contributed by atoms with Crippen LogP contribution in [0.3, 0.4) is 0 Å². The van der Waals surface area contributed by atoms with Crippen LogP contribution in [-0.4, -0.2) is 14.6 Å². The molecule has 0 saturated carbocycles. The van der Waals surface area contributed by atoms with Crippen LogP contribution in [0.1, 0.15) is 0 Å². The monoisotopic (exact) mass is 222 g/mol. The summed E-state index contributed by atoms with van der Waals surface area (Å²) in [5, 5.41) is 0. The molecule has 0 unspecified atom stereocenters. The fourth-order valence-electron chi connectivity index (χ4n) is 0.426. The van der Waals surface area contributed by atoms with Crippen LogP contribution in [0, 0.1) is 0 Å². The molecule has 0 fully saturated rings. The molecular formula is C3H9Cl3OSi2. The first-order chi connectivity index (χ1) is 3.71. The number of halogens is 3. The Labute approximate surface area is 71.6 Å². The van der Waals surface area contributed by atoms with Gasteiger partial charge in [-0.3, -0.25) is 0 Å². The maximum Gasteiger partial charge on any atom is 0.376 e. The van der Waals surface area contributed by atoms with E-state index in [0.717, 1.165) is 0 Å². The van der Waals surface area contributed by atoms with Crippen molar-refractivity contribution in [1.82, 2.24) is 0 Å². The highest BCUT2D eigenvalue weighted by atomic mass is 35.7. The predicted molar refractivity (Wildman–Crippen MR) is 47.7 cm³/mol. The molecule has 0 saturated heterocycles. The van der Waals surface area contributed by atoms with Crippen molar-refractivity contribution in [3.63, 3.8) is 0 Å². The first-order valence-corrected chi connectivity index (χ1v) is 10.8. The van der Waals surface area contributed by atoms with Crippen molar-refractivity contribution in [3.8, 4) is 0 Å². The molecule has 56 valence electrons. The van der Waals surface area contributed by atoms with Crippen molar-refractivity contribution in [2.45, 2.75) is 19.6 Å². The van der Waals surface area contributed by atoms with Gasteiger partial charge in [-0.25, -0.2) is 0 Å². The maximum absolute atomic E-state index is 5.80. The van der Waals surface area contributed by atoms with Crippen LogP contribution < -0.4 is 0 Å². The van der Waals surface area contributed by atoms with E-state index in [1.165, 1.54) is 0 Å². The summed E-state index contributed by atoms with van der Waals surface area (Å²) in [6.45, 7) is 2.95. The summed E-state index contributed by atoms with van der Waals surface area (Å²) in [5.41, 5.74) is 0. The van der Waals surface area contributed by atoms with Crippen molar-refractivity contribution >= 4 is 47.8 Å². The van der Waals surface area contributed by atoms with Crippen LogP contribution in [0.15, 0.2) is 0 Å². The maximum atomic E-state index is 5.80. The fraction of sp³-hybridized carbons (Fsp3) is 1.00. The SMILES string of the molecule is C[Si](C)(Cl)O[Si](C)(Cl)Cl. The van der Waals surface area contributed by atoms with Crippen LogP contribution in [-0.2, 0) is 4.12 Å². The summed E-state index contributed by atoms with van der Waals surface area (Å²) in [4.78, 5) is 0. The predicted octanol–water partition coefficient (Wildman–Crippen LogP) is 2.99. The van der Waals surface area contributed by atoms with E-state index in [1.807, 2.05) is 13.1 Å². The van der Waals surface area contributed by atoms with Gasteiger partial charge in [0.1, 0.15) is 0 Å². The normalized spacial score (nSPS) is 14.0. The molecule has 0 aliphatic rings. The highest BCUT2D eigenvalue weighted by molar-refractivity contribution is 7.44. The number of hydrogen-bond donors (Lipinski definition) is 0. The molecule has 0 aromatic rings. The van der Waals surface area contributed by atoms with Crippen molar-refractivity contribution < 1.29 is 4.12 Å². The van der Waals surface area contributed by atoms with Gasteiger partial charge in [-0.05, 0) is 19.6 Å². The van der Waals surface area contributed by atoms with E-state index < -0.39 is 14.6 Å². The van der Waals surface area contributed by atoms with Gasteiger partial charge in [0.15, 0.2) is 0 Å². The molecule has 0 aromatic carbocycles. The molecule has 0 aliphatic carbocycles. The van der Waals surface area contributed by atoms with Gasteiger partial charge in [-0.2, -0.15) is 0 Å². The first kappa shape index (κ1) is 10.3.